The highest BCUT2D eigenvalue weighted by Gasteiger charge is 2.33. The summed E-state index contributed by atoms with van der Waals surface area (Å²) in [6.07, 6.45) is 7.08. The SMILES string of the molecule is CNC(=O)c1cc(C)c(NC(=O)C(c2cncnc2)N(C(=O)CCl)c2ccc(-c3cnco3)cc2)c(Cl)c1. The Bertz CT molecular complexity index is 1420. The maximum absolute atomic E-state index is 13.8. The van der Waals surface area contributed by atoms with Crippen LogP contribution >= 0.6 is 23.2 Å². The summed E-state index contributed by atoms with van der Waals surface area (Å²) in [7, 11) is 1.51. The Balaban J connectivity index is 1.75. The minimum Gasteiger partial charge on any atom is -0.444 e. The van der Waals surface area contributed by atoms with E-state index in [9.17, 15) is 14.4 Å². The minimum atomic E-state index is -1.20. The van der Waals surface area contributed by atoms with Crippen LogP contribution in [0.3, 0.4) is 0 Å². The number of aryl methyl sites for hydroxylation is 1. The van der Waals surface area contributed by atoms with Crippen LogP contribution in [-0.4, -0.2) is 45.6 Å². The molecule has 38 heavy (non-hydrogen) atoms. The molecule has 0 aliphatic heterocycles. The smallest absolute Gasteiger partial charge is 0.252 e. The van der Waals surface area contributed by atoms with Crippen molar-refractivity contribution in [3.8, 4) is 11.3 Å². The summed E-state index contributed by atoms with van der Waals surface area (Å²) >= 11 is 12.4. The maximum Gasteiger partial charge on any atom is 0.252 e. The highest BCUT2D eigenvalue weighted by molar-refractivity contribution is 6.34. The van der Waals surface area contributed by atoms with Gasteiger partial charge in [0.15, 0.2) is 12.2 Å². The average Bonchev–Trinajstić information content (AvgIpc) is 3.48. The van der Waals surface area contributed by atoms with E-state index in [1.165, 1.54) is 43.1 Å². The van der Waals surface area contributed by atoms with Crippen LogP contribution in [0.5, 0.6) is 0 Å². The zero-order valence-electron chi connectivity index (χ0n) is 20.3. The molecule has 0 radical (unpaired) electrons. The predicted molar refractivity (Wildman–Crippen MR) is 143 cm³/mol. The van der Waals surface area contributed by atoms with Gasteiger partial charge in [-0.1, -0.05) is 11.6 Å². The molecule has 1 atom stereocenters. The number of rotatable bonds is 8. The number of oxazole rings is 1. The Morgan fingerprint density at radius 2 is 1.76 bits per heavy atom. The summed E-state index contributed by atoms with van der Waals surface area (Å²) in [6.45, 7) is 1.71. The lowest BCUT2D eigenvalue weighted by Crippen LogP contribution is -2.42. The number of halogens is 2. The standard InChI is InChI=1S/C26H22Cl2N6O4/c1-15-7-17(25(36)29-2)8-20(28)23(15)33-26(37)24(18-10-30-13-31-11-18)34(22(35)9-27)19-5-3-16(4-6-19)21-12-32-14-38-21/h3-8,10-14,24H,9H2,1-2H3,(H,29,36)(H,33,37). The molecule has 2 aromatic carbocycles. The molecule has 2 N–H and O–H groups in total. The van der Waals surface area contributed by atoms with Crippen LogP contribution in [0.15, 0.2) is 72.1 Å². The van der Waals surface area contributed by atoms with Crippen LogP contribution < -0.4 is 15.5 Å². The van der Waals surface area contributed by atoms with Crippen LogP contribution in [0, 0.1) is 6.92 Å². The second kappa shape index (κ2) is 11.8. The van der Waals surface area contributed by atoms with Gasteiger partial charge in [0, 0.05) is 41.8 Å². The number of hydrogen-bond acceptors (Lipinski definition) is 7. The molecule has 0 spiro atoms. The summed E-state index contributed by atoms with van der Waals surface area (Å²) in [5.41, 5.74) is 2.67. The zero-order chi connectivity index (χ0) is 27.2. The first-order valence-corrected chi connectivity index (χ1v) is 12.2. The van der Waals surface area contributed by atoms with Crippen molar-refractivity contribution in [2.45, 2.75) is 13.0 Å². The topological polar surface area (TPSA) is 130 Å². The summed E-state index contributed by atoms with van der Waals surface area (Å²) in [5.74, 6) is -1.28. The molecule has 0 saturated carbocycles. The van der Waals surface area contributed by atoms with Crippen molar-refractivity contribution in [1.29, 1.82) is 0 Å². The molecule has 0 saturated heterocycles. The monoisotopic (exact) mass is 552 g/mol. The van der Waals surface area contributed by atoms with Gasteiger partial charge in [0.25, 0.3) is 11.8 Å². The van der Waals surface area contributed by atoms with E-state index in [-0.39, 0.29) is 16.8 Å². The second-order valence-electron chi connectivity index (χ2n) is 8.10. The summed E-state index contributed by atoms with van der Waals surface area (Å²) in [6, 6.07) is 8.66. The first-order valence-electron chi connectivity index (χ1n) is 11.3. The maximum atomic E-state index is 13.8. The molecule has 12 heteroatoms. The fraction of sp³-hybridized carbons (Fsp3) is 0.154. The van der Waals surface area contributed by atoms with E-state index in [0.717, 1.165) is 5.56 Å². The zero-order valence-corrected chi connectivity index (χ0v) is 21.8. The number of amides is 3. The van der Waals surface area contributed by atoms with Crippen LogP contribution in [0.25, 0.3) is 11.3 Å². The van der Waals surface area contributed by atoms with Crippen LogP contribution in [-0.2, 0) is 9.59 Å². The van der Waals surface area contributed by atoms with Gasteiger partial charge in [-0.2, -0.15) is 0 Å². The Labute approximate surface area is 228 Å². The van der Waals surface area contributed by atoms with Gasteiger partial charge in [-0.25, -0.2) is 15.0 Å². The van der Waals surface area contributed by atoms with Crippen molar-refractivity contribution in [3.05, 3.63) is 89.4 Å². The van der Waals surface area contributed by atoms with E-state index >= 15 is 0 Å². The Kier molecular flexibility index (Phi) is 8.35. The van der Waals surface area contributed by atoms with Crippen molar-refractivity contribution in [1.82, 2.24) is 20.3 Å². The van der Waals surface area contributed by atoms with Crippen LogP contribution in [0.4, 0.5) is 11.4 Å². The number of carbonyl (C=O) groups excluding carboxylic acids is 3. The van der Waals surface area contributed by atoms with Gasteiger partial charge in [-0.3, -0.25) is 19.3 Å². The van der Waals surface area contributed by atoms with E-state index in [1.807, 2.05) is 0 Å². The predicted octanol–water partition coefficient (Wildman–Crippen LogP) is 4.40. The van der Waals surface area contributed by atoms with Gasteiger partial charge in [0.2, 0.25) is 5.91 Å². The molecule has 0 bridgehead atoms. The molecule has 4 aromatic rings. The highest BCUT2D eigenvalue weighted by atomic mass is 35.5. The van der Waals surface area contributed by atoms with Gasteiger partial charge in [0.1, 0.15) is 18.2 Å². The van der Waals surface area contributed by atoms with Crippen LogP contribution in [0.1, 0.15) is 27.5 Å². The molecule has 2 aromatic heterocycles. The highest BCUT2D eigenvalue weighted by Crippen LogP contribution is 2.33. The van der Waals surface area contributed by atoms with Crippen LogP contribution in [0.2, 0.25) is 5.02 Å². The van der Waals surface area contributed by atoms with Gasteiger partial charge in [-0.15, -0.1) is 11.6 Å². The van der Waals surface area contributed by atoms with Gasteiger partial charge in [-0.05, 0) is 48.9 Å². The molecule has 3 amide bonds. The molecule has 0 aliphatic rings. The second-order valence-corrected chi connectivity index (χ2v) is 8.78. The third kappa shape index (κ3) is 5.66. The van der Waals surface area contributed by atoms with E-state index in [0.29, 0.717) is 33.8 Å². The number of hydrogen-bond donors (Lipinski definition) is 2. The minimum absolute atomic E-state index is 0.159. The lowest BCUT2D eigenvalue weighted by atomic mass is 10.0. The Morgan fingerprint density at radius 1 is 1.05 bits per heavy atom. The normalized spacial score (nSPS) is 11.5. The Morgan fingerprint density at radius 3 is 2.34 bits per heavy atom. The summed E-state index contributed by atoms with van der Waals surface area (Å²) in [5, 5.41) is 5.50. The number of nitrogens with zero attached hydrogens (tertiary/aromatic N) is 4. The van der Waals surface area contributed by atoms with Crippen molar-refractivity contribution >= 4 is 52.3 Å². The van der Waals surface area contributed by atoms with Crippen molar-refractivity contribution in [2.24, 2.45) is 0 Å². The van der Waals surface area contributed by atoms with Gasteiger partial charge < -0.3 is 15.1 Å². The lowest BCUT2D eigenvalue weighted by molar-refractivity contribution is -0.122. The molecular weight excluding hydrogens is 531 g/mol. The molecular formula is C26H22Cl2N6O4. The molecule has 2 heterocycles. The summed E-state index contributed by atoms with van der Waals surface area (Å²) in [4.78, 5) is 52.3. The van der Waals surface area contributed by atoms with Crippen molar-refractivity contribution in [2.75, 3.05) is 23.1 Å². The number of nitrogens with one attached hydrogen (secondary N) is 2. The fourth-order valence-corrected chi connectivity index (χ4v) is 4.33. The molecule has 0 fully saturated rings. The average molecular weight is 553 g/mol. The van der Waals surface area contributed by atoms with Gasteiger partial charge >= 0.3 is 0 Å². The third-order valence-corrected chi connectivity index (χ3v) is 6.20. The molecule has 1 unspecified atom stereocenters. The molecule has 194 valence electrons. The van der Waals surface area contributed by atoms with Gasteiger partial charge in [0.05, 0.1) is 16.9 Å². The molecule has 4 rings (SSSR count). The number of carbonyl (C=O) groups is 3. The quantitative estimate of drug-likeness (QED) is 0.309. The first-order chi connectivity index (χ1) is 18.3. The third-order valence-electron chi connectivity index (χ3n) is 5.67. The van der Waals surface area contributed by atoms with E-state index in [4.69, 9.17) is 27.6 Å². The van der Waals surface area contributed by atoms with E-state index in [2.05, 4.69) is 25.6 Å². The van der Waals surface area contributed by atoms with E-state index in [1.54, 1.807) is 43.5 Å². The number of benzene rings is 2. The fourth-order valence-electron chi connectivity index (χ4n) is 3.89. The molecule has 0 aliphatic carbocycles. The molecule has 10 nitrogen and oxygen atoms in total. The summed E-state index contributed by atoms with van der Waals surface area (Å²) < 4.78 is 5.33. The van der Waals surface area contributed by atoms with Crippen molar-refractivity contribution < 1.29 is 18.8 Å². The first kappa shape index (κ1) is 26.8. The number of aromatic nitrogens is 3. The van der Waals surface area contributed by atoms with E-state index < -0.39 is 17.9 Å². The Hall–Kier alpha value is -4.28. The van der Waals surface area contributed by atoms with Crippen molar-refractivity contribution in [3.63, 3.8) is 0 Å². The lowest BCUT2D eigenvalue weighted by Gasteiger charge is -2.31. The number of anilines is 2. The largest absolute Gasteiger partial charge is 0.444 e. The number of alkyl halides is 1.